The lowest BCUT2D eigenvalue weighted by Crippen LogP contribution is -2.50. The summed E-state index contributed by atoms with van der Waals surface area (Å²) in [6.45, 7) is 4.10. The van der Waals surface area contributed by atoms with Crippen LogP contribution in [-0.4, -0.2) is 84.4 Å². The van der Waals surface area contributed by atoms with Crippen molar-refractivity contribution < 1.29 is 19.2 Å². The maximum absolute atomic E-state index is 12.3. The van der Waals surface area contributed by atoms with Gasteiger partial charge in [0, 0.05) is 33.2 Å². The summed E-state index contributed by atoms with van der Waals surface area (Å²) in [5.74, 6) is 0.409. The lowest BCUT2D eigenvalue weighted by atomic mass is 10.3. The summed E-state index contributed by atoms with van der Waals surface area (Å²) in [4.78, 5) is 40.3. The molecule has 0 bridgehead atoms. The lowest BCUT2D eigenvalue weighted by Gasteiger charge is -2.34. The Balaban J connectivity index is 1.72. The fourth-order valence-corrected chi connectivity index (χ4v) is 2.61. The first-order valence-electron chi connectivity index (χ1n) is 8.44. The van der Waals surface area contributed by atoms with E-state index in [4.69, 9.17) is 20.6 Å². The van der Waals surface area contributed by atoms with Gasteiger partial charge in [0.15, 0.2) is 0 Å². The van der Waals surface area contributed by atoms with Crippen LogP contribution in [0.25, 0.3) is 0 Å². The van der Waals surface area contributed by atoms with E-state index in [1.165, 1.54) is 17.5 Å². The van der Waals surface area contributed by atoms with Gasteiger partial charge in [-0.3, -0.25) is 9.63 Å². The highest BCUT2D eigenvalue weighted by molar-refractivity contribution is 5.77. The summed E-state index contributed by atoms with van der Waals surface area (Å²) in [6.07, 6.45) is 1.66. The third-order valence-electron chi connectivity index (χ3n) is 3.92. The van der Waals surface area contributed by atoms with Crippen molar-refractivity contribution in [3.63, 3.8) is 0 Å². The van der Waals surface area contributed by atoms with Crippen molar-refractivity contribution in [3.8, 4) is 6.07 Å². The van der Waals surface area contributed by atoms with Crippen molar-refractivity contribution in [1.29, 1.82) is 5.26 Å². The van der Waals surface area contributed by atoms with Gasteiger partial charge in [0.1, 0.15) is 18.8 Å². The number of hydrogen-bond acceptors (Lipinski definition) is 9. The minimum absolute atomic E-state index is 0.104. The summed E-state index contributed by atoms with van der Waals surface area (Å²) < 4.78 is 4.80. The molecule has 0 aliphatic carbocycles. The molecule has 0 spiro atoms. The molecule has 1 aromatic rings. The van der Waals surface area contributed by atoms with Gasteiger partial charge in [-0.15, -0.1) is 0 Å². The van der Waals surface area contributed by atoms with Crippen LogP contribution >= 0.6 is 0 Å². The van der Waals surface area contributed by atoms with Gasteiger partial charge in [0.05, 0.1) is 24.5 Å². The molecule has 1 aliphatic rings. The van der Waals surface area contributed by atoms with Crippen molar-refractivity contribution in [2.75, 3.05) is 51.3 Å². The summed E-state index contributed by atoms with van der Waals surface area (Å²) in [5, 5.41) is 10.2. The minimum atomic E-state index is -0.851. The number of carbonyl (C=O) groups is 2. The van der Waals surface area contributed by atoms with Crippen LogP contribution in [0.5, 0.6) is 0 Å². The van der Waals surface area contributed by atoms with Crippen molar-refractivity contribution in [3.05, 3.63) is 18.0 Å². The van der Waals surface area contributed by atoms with Crippen LogP contribution in [0.1, 0.15) is 12.5 Å². The van der Waals surface area contributed by atoms with Gasteiger partial charge in [0.2, 0.25) is 5.95 Å². The Kier molecular flexibility index (Phi) is 7.27. The zero-order valence-electron chi connectivity index (χ0n) is 15.4. The first kappa shape index (κ1) is 20.3. The molecular formula is C16H23N7O4. The fourth-order valence-electron chi connectivity index (χ4n) is 2.61. The number of aromatic nitrogens is 2. The maximum atomic E-state index is 12.3. The number of nitrogens with two attached hydrogens (primary N) is 1. The predicted molar refractivity (Wildman–Crippen MR) is 94.3 cm³/mol. The average molecular weight is 377 g/mol. The van der Waals surface area contributed by atoms with E-state index >= 15 is 0 Å². The highest BCUT2D eigenvalue weighted by atomic mass is 16.7. The number of carbonyl (C=O) groups excluding carboxylic acids is 2. The number of amides is 2. The van der Waals surface area contributed by atoms with Gasteiger partial charge in [-0.1, -0.05) is 0 Å². The first-order chi connectivity index (χ1) is 12.9. The van der Waals surface area contributed by atoms with Gasteiger partial charge in [-0.25, -0.2) is 14.8 Å². The number of nitriles is 1. The average Bonchev–Trinajstić information content (AvgIpc) is 2.65. The molecule has 2 rings (SSSR count). The van der Waals surface area contributed by atoms with Crippen molar-refractivity contribution in [1.82, 2.24) is 19.9 Å². The zero-order chi connectivity index (χ0) is 19.8. The summed E-state index contributed by atoms with van der Waals surface area (Å²) in [6, 6.07) is 1.98. The molecule has 1 aliphatic heterocycles. The molecular weight excluding hydrogens is 354 g/mol. The largest absolute Gasteiger partial charge is 0.445 e. The highest BCUT2D eigenvalue weighted by Gasteiger charge is 2.23. The molecule has 2 amide bonds. The van der Waals surface area contributed by atoms with Crippen LogP contribution in [0.2, 0.25) is 0 Å². The standard InChI is InChI=1S/C16H23N7O4/c1-12(27-15(18)25)10-21(2)26-11-14(24)22-3-5-23(6-4-22)16-19-8-13(7-17)9-20-16/h8-9,12H,3-6,10-11H2,1-2H3,(H2,18,25)/t12-/m0/s1. The topological polar surface area (TPSA) is 138 Å². The van der Waals surface area contributed by atoms with E-state index in [1.54, 1.807) is 18.9 Å². The number of primary amides is 1. The van der Waals surface area contributed by atoms with E-state index in [2.05, 4.69) is 9.97 Å². The monoisotopic (exact) mass is 377 g/mol. The van der Waals surface area contributed by atoms with E-state index in [9.17, 15) is 9.59 Å². The maximum Gasteiger partial charge on any atom is 0.404 e. The number of hydroxylamine groups is 2. The van der Waals surface area contributed by atoms with Gasteiger partial charge in [-0.2, -0.15) is 10.3 Å². The molecule has 2 heterocycles. The second kappa shape index (κ2) is 9.65. The number of hydrogen-bond donors (Lipinski definition) is 1. The SMILES string of the molecule is C[C@@H](CN(C)OCC(=O)N1CCN(c2ncc(C#N)cn2)CC1)OC(N)=O. The molecule has 2 N–H and O–H groups in total. The molecule has 1 aromatic heterocycles. The third kappa shape index (κ3) is 6.36. The summed E-state index contributed by atoms with van der Waals surface area (Å²) in [5.41, 5.74) is 5.35. The molecule has 1 saturated heterocycles. The second-order valence-corrected chi connectivity index (χ2v) is 6.08. The van der Waals surface area contributed by atoms with Crippen molar-refractivity contribution in [2.45, 2.75) is 13.0 Å². The minimum Gasteiger partial charge on any atom is -0.445 e. The third-order valence-corrected chi connectivity index (χ3v) is 3.92. The van der Waals surface area contributed by atoms with Crippen LogP contribution in [0, 0.1) is 11.3 Å². The van der Waals surface area contributed by atoms with Crippen LogP contribution < -0.4 is 10.6 Å². The zero-order valence-corrected chi connectivity index (χ0v) is 15.4. The Morgan fingerprint density at radius 3 is 2.52 bits per heavy atom. The Morgan fingerprint density at radius 2 is 1.96 bits per heavy atom. The molecule has 1 atom stereocenters. The normalized spacial score (nSPS) is 15.3. The van der Waals surface area contributed by atoms with Gasteiger partial charge in [0.25, 0.3) is 5.91 Å². The molecule has 11 heteroatoms. The predicted octanol–water partition coefficient (Wildman–Crippen LogP) is -0.656. The molecule has 1 fully saturated rings. The molecule has 0 unspecified atom stereocenters. The van der Waals surface area contributed by atoms with E-state index in [0.29, 0.717) is 44.2 Å². The van der Waals surface area contributed by atoms with Gasteiger partial charge < -0.3 is 20.3 Å². The fraction of sp³-hybridized carbons (Fsp3) is 0.562. The molecule has 0 saturated carbocycles. The Labute approximate surface area is 157 Å². The van der Waals surface area contributed by atoms with E-state index in [0.717, 1.165) is 0 Å². The van der Waals surface area contributed by atoms with Crippen LogP contribution in [0.3, 0.4) is 0 Å². The van der Waals surface area contributed by atoms with Crippen molar-refractivity contribution in [2.24, 2.45) is 5.73 Å². The molecule has 27 heavy (non-hydrogen) atoms. The summed E-state index contributed by atoms with van der Waals surface area (Å²) >= 11 is 0. The van der Waals surface area contributed by atoms with Gasteiger partial charge >= 0.3 is 6.09 Å². The first-order valence-corrected chi connectivity index (χ1v) is 8.44. The van der Waals surface area contributed by atoms with E-state index < -0.39 is 12.2 Å². The molecule has 146 valence electrons. The van der Waals surface area contributed by atoms with Crippen LogP contribution in [-0.2, 0) is 14.4 Å². The smallest absolute Gasteiger partial charge is 0.404 e. The van der Waals surface area contributed by atoms with Crippen molar-refractivity contribution >= 4 is 17.9 Å². The second-order valence-electron chi connectivity index (χ2n) is 6.08. The van der Waals surface area contributed by atoms with Crippen LogP contribution in [0.4, 0.5) is 10.7 Å². The molecule has 0 radical (unpaired) electrons. The van der Waals surface area contributed by atoms with E-state index in [1.807, 2.05) is 11.0 Å². The Hall–Kier alpha value is -2.97. The number of ether oxygens (including phenoxy) is 1. The number of piperazine rings is 1. The number of likely N-dealkylation sites (N-methyl/N-ethyl adjacent to an activating group) is 1. The molecule has 0 aromatic carbocycles. The Morgan fingerprint density at radius 1 is 1.33 bits per heavy atom. The van der Waals surface area contributed by atoms with E-state index in [-0.39, 0.29) is 12.5 Å². The quantitative estimate of drug-likeness (QED) is 0.614. The number of nitrogens with zero attached hydrogens (tertiary/aromatic N) is 6. The van der Waals surface area contributed by atoms with Crippen LogP contribution in [0.15, 0.2) is 12.4 Å². The number of rotatable bonds is 7. The number of anilines is 1. The highest BCUT2D eigenvalue weighted by Crippen LogP contribution is 2.11. The summed E-state index contributed by atoms with van der Waals surface area (Å²) in [7, 11) is 1.65. The molecule has 11 nitrogen and oxygen atoms in total. The van der Waals surface area contributed by atoms with Gasteiger partial charge in [-0.05, 0) is 6.92 Å². The lowest BCUT2D eigenvalue weighted by molar-refractivity contribution is -0.173. The Bertz CT molecular complexity index is 683.